The van der Waals surface area contributed by atoms with Crippen molar-refractivity contribution in [3.63, 3.8) is 0 Å². The zero-order valence-electron chi connectivity index (χ0n) is 16.2. The molecule has 0 aliphatic carbocycles. The Morgan fingerprint density at radius 3 is 2.39 bits per heavy atom. The highest BCUT2D eigenvalue weighted by atomic mass is 35.5. The fraction of sp³-hybridized carbons (Fsp3) is 0.632. The molecule has 1 aliphatic rings. The van der Waals surface area contributed by atoms with Crippen molar-refractivity contribution < 1.29 is 34.7 Å². The zero-order valence-corrected chi connectivity index (χ0v) is 17.0. The molecule has 0 aromatic heterocycles. The number of benzene rings is 1. The number of carboxylic acid groups (broad SMARTS) is 1. The van der Waals surface area contributed by atoms with Crippen LogP contribution in [0.2, 0.25) is 5.02 Å². The number of aliphatic hydroxyl groups is 3. The highest BCUT2D eigenvalue weighted by Gasteiger charge is 2.48. The molecule has 1 fully saturated rings. The number of rotatable bonds is 6. The summed E-state index contributed by atoms with van der Waals surface area (Å²) >= 11 is 6.10. The lowest BCUT2D eigenvalue weighted by Crippen LogP contribution is -2.61. The highest BCUT2D eigenvalue weighted by molar-refractivity contribution is 6.30. The first-order valence-corrected chi connectivity index (χ1v) is 9.39. The molecule has 1 aromatic carbocycles. The van der Waals surface area contributed by atoms with E-state index in [1.165, 1.54) is 0 Å². The topological polar surface area (TPSA) is 128 Å². The number of carbonyl (C=O) groups is 1. The second kappa shape index (κ2) is 9.04. The van der Waals surface area contributed by atoms with Gasteiger partial charge in [0.25, 0.3) is 0 Å². The van der Waals surface area contributed by atoms with Crippen LogP contribution in [0.4, 0.5) is 0 Å². The average Bonchev–Trinajstić information content (AvgIpc) is 2.57. The van der Waals surface area contributed by atoms with Crippen molar-refractivity contribution in [2.75, 3.05) is 0 Å². The van der Waals surface area contributed by atoms with E-state index in [1.54, 1.807) is 24.3 Å². The molecule has 9 heteroatoms. The van der Waals surface area contributed by atoms with Crippen LogP contribution in [-0.4, -0.2) is 68.7 Å². The van der Waals surface area contributed by atoms with E-state index in [0.717, 1.165) is 0 Å². The third kappa shape index (κ3) is 5.64. The number of ether oxygens (including phenoxy) is 2. The third-order valence-electron chi connectivity index (χ3n) is 4.39. The van der Waals surface area contributed by atoms with Gasteiger partial charge in [0.05, 0.1) is 0 Å². The Kier molecular flexibility index (Phi) is 7.44. The zero-order chi connectivity index (χ0) is 21.2. The molecule has 1 aliphatic heterocycles. The minimum absolute atomic E-state index is 0.259. The molecule has 1 saturated heterocycles. The summed E-state index contributed by atoms with van der Waals surface area (Å²) in [6, 6.07) is 6.64. The molecule has 0 radical (unpaired) electrons. The maximum Gasteiger partial charge on any atom is 0.335 e. The number of aliphatic carboxylic acids is 1. The lowest BCUT2D eigenvalue weighted by atomic mass is 9.97. The summed E-state index contributed by atoms with van der Waals surface area (Å²) in [6.45, 7) is 7.80. The molecular weight excluding hydrogens is 390 g/mol. The van der Waals surface area contributed by atoms with Crippen molar-refractivity contribution >= 4 is 17.6 Å². The molecule has 5 unspecified atom stereocenters. The van der Waals surface area contributed by atoms with Crippen LogP contribution in [0, 0.1) is 0 Å². The Labute approximate surface area is 169 Å². The van der Waals surface area contributed by atoms with Crippen LogP contribution in [0.3, 0.4) is 0 Å². The Balaban J connectivity index is 2.31. The van der Waals surface area contributed by atoms with Crippen LogP contribution in [0.1, 0.15) is 39.4 Å². The van der Waals surface area contributed by atoms with Gasteiger partial charge in [-0.1, -0.05) is 23.7 Å². The molecule has 1 aromatic rings. The lowest BCUT2D eigenvalue weighted by molar-refractivity contribution is -0.307. The van der Waals surface area contributed by atoms with Gasteiger partial charge in [-0.05, 0) is 45.4 Å². The van der Waals surface area contributed by atoms with Gasteiger partial charge < -0.3 is 35.2 Å². The molecule has 28 heavy (non-hydrogen) atoms. The first-order valence-electron chi connectivity index (χ1n) is 9.02. The highest BCUT2D eigenvalue weighted by Crippen LogP contribution is 2.31. The molecule has 158 valence electrons. The predicted octanol–water partition coefficient (Wildman–Crippen LogP) is 1.07. The molecule has 0 bridgehead atoms. The number of nitrogens with one attached hydrogen (secondary N) is 1. The van der Waals surface area contributed by atoms with Crippen molar-refractivity contribution in [3.05, 3.63) is 34.9 Å². The first kappa shape index (κ1) is 23.0. The molecule has 5 N–H and O–H groups in total. The molecule has 0 saturated carbocycles. The minimum Gasteiger partial charge on any atom is -0.479 e. The third-order valence-corrected chi connectivity index (χ3v) is 4.62. The Morgan fingerprint density at radius 2 is 1.86 bits per heavy atom. The molecule has 0 spiro atoms. The van der Waals surface area contributed by atoms with E-state index in [2.05, 4.69) is 5.32 Å². The largest absolute Gasteiger partial charge is 0.479 e. The van der Waals surface area contributed by atoms with Crippen LogP contribution >= 0.6 is 11.6 Å². The van der Waals surface area contributed by atoms with E-state index < -0.39 is 42.8 Å². The number of aliphatic hydroxyl groups excluding tert-OH is 3. The molecule has 1 heterocycles. The molecule has 8 nitrogen and oxygen atoms in total. The SMILES string of the molecule is C[C@@H](NC(C)(C)C)[C@H](OC1OC(C(=O)O)C(O)C(O)C1O)c1cccc(Cl)c1. The summed E-state index contributed by atoms with van der Waals surface area (Å²) < 4.78 is 11.2. The van der Waals surface area contributed by atoms with Crippen LogP contribution < -0.4 is 5.32 Å². The van der Waals surface area contributed by atoms with Gasteiger partial charge in [-0.25, -0.2) is 4.79 Å². The van der Waals surface area contributed by atoms with Crippen LogP contribution in [-0.2, 0) is 14.3 Å². The van der Waals surface area contributed by atoms with E-state index in [4.69, 9.17) is 21.1 Å². The standard InChI is InChI=1S/C19H28ClNO7/c1-9(21-19(2,3)4)15(10-6-5-7-11(20)8-10)27-18-14(24)12(22)13(23)16(28-18)17(25)26/h5-9,12-16,18,21-24H,1-4H3,(H,25,26)/t9-,12?,13?,14?,15+,16?,18?/m1/s1. The van der Waals surface area contributed by atoms with Gasteiger partial charge >= 0.3 is 5.97 Å². The van der Waals surface area contributed by atoms with E-state index in [1.807, 2.05) is 27.7 Å². The van der Waals surface area contributed by atoms with Crippen LogP contribution in [0.5, 0.6) is 0 Å². The Morgan fingerprint density at radius 1 is 1.21 bits per heavy atom. The van der Waals surface area contributed by atoms with Crippen molar-refractivity contribution in [1.82, 2.24) is 5.32 Å². The van der Waals surface area contributed by atoms with Gasteiger partial charge in [-0.2, -0.15) is 0 Å². The molecule has 2 rings (SSSR count). The van der Waals surface area contributed by atoms with Crippen molar-refractivity contribution in [3.8, 4) is 0 Å². The van der Waals surface area contributed by atoms with Crippen molar-refractivity contribution in [2.24, 2.45) is 0 Å². The van der Waals surface area contributed by atoms with Gasteiger partial charge in [0.2, 0.25) is 0 Å². The fourth-order valence-electron chi connectivity index (χ4n) is 3.24. The number of halogens is 1. The molecule has 7 atom stereocenters. The predicted molar refractivity (Wildman–Crippen MR) is 102 cm³/mol. The van der Waals surface area contributed by atoms with Crippen molar-refractivity contribution in [1.29, 1.82) is 0 Å². The summed E-state index contributed by atoms with van der Waals surface area (Å²) in [4.78, 5) is 11.3. The van der Waals surface area contributed by atoms with E-state index in [-0.39, 0.29) is 11.6 Å². The maximum absolute atomic E-state index is 11.3. The quantitative estimate of drug-likeness (QED) is 0.465. The van der Waals surface area contributed by atoms with Gasteiger partial charge in [0.1, 0.15) is 24.4 Å². The maximum atomic E-state index is 11.3. The van der Waals surface area contributed by atoms with Gasteiger partial charge in [-0.3, -0.25) is 0 Å². The minimum atomic E-state index is -1.78. The Hall–Kier alpha value is -1.26. The summed E-state index contributed by atoms with van der Waals surface area (Å²) in [7, 11) is 0. The average molecular weight is 418 g/mol. The normalized spacial score (nSPS) is 30.6. The lowest BCUT2D eigenvalue weighted by Gasteiger charge is -2.41. The molecular formula is C19H28ClNO7. The van der Waals surface area contributed by atoms with E-state index in [0.29, 0.717) is 10.6 Å². The second-order valence-corrected chi connectivity index (χ2v) is 8.47. The number of hydrogen-bond acceptors (Lipinski definition) is 7. The second-order valence-electron chi connectivity index (χ2n) is 8.03. The summed E-state index contributed by atoms with van der Waals surface area (Å²) in [6.07, 6.45) is -9.02. The van der Waals surface area contributed by atoms with Gasteiger partial charge in [0.15, 0.2) is 12.4 Å². The monoisotopic (exact) mass is 417 g/mol. The van der Waals surface area contributed by atoms with Gasteiger partial charge in [0, 0.05) is 16.6 Å². The van der Waals surface area contributed by atoms with Crippen molar-refractivity contribution in [2.45, 2.75) is 76.1 Å². The number of carboxylic acids is 1. The Bertz CT molecular complexity index is 680. The van der Waals surface area contributed by atoms with E-state index >= 15 is 0 Å². The van der Waals surface area contributed by atoms with Crippen LogP contribution in [0.25, 0.3) is 0 Å². The van der Waals surface area contributed by atoms with E-state index in [9.17, 15) is 25.2 Å². The summed E-state index contributed by atoms with van der Waals surface area (Å²) in [5.74, 6) is -1.47. The first-order chi connectivity index (χ1) is 12.9. The van der Waals surface area contributed by atoms with Crippen LogP contribution in [0.15, 0.2) is 24.3 Å². The van der Waals surface area contributed by atoms with Gasteiger partial charge in [-0.15, -0.1) is 0 Å². The molecule has 0 amide bonds. The smallest absolute Gasteiger partial charge is 0.335 e. The fourth-order valence-corrected chi connectivity index (χ4v) is 3.44. The number of hydrogen-bond donors (Lipinski definition) is 5. The summed E-state index contributed by atoms with van der Waals surface area (Å²) in [5, 5.41) is 43.2. The summed E-state index contributed by atoms with van der Waals surface area (Å²) in [5.41, 5.74) is 0.422.